The predicted octanol–water partition coefficient (Wildman–Crippen LogP) is 3.24. The maximum absolute atomic E-state index is 12.4. The number of carbonyl (C=O) groups excluding carboxylic acids is 1. The van der Waals surface area contributed by atoms with Crippen molar-refractivity contribution in [2.24, 2.45) is 0 Å². The number of hydrogen-bond donors (Lipinski definition) is 4. The van der Waals surface area contributed by atoms with E-state index in [2.05, 4.69) is 15.3 Å². The third-order valence-corrected chi connectivity index (χ3v) is 4.73. The van der Waals surface area contributed by atoms with Crippen LogP contribution in [0.15, 0.2) is 17.9 Å². The van der Waals surface area contributed by atoms with E-state index in [1.54, 1.807) is 11.6 Å². The first-order valence-electron chi connectivity index (χ1n) is 6.08. The number of aromatic hydroxyl groups is 2. The fraction of sp³-hybridized carbons (Fsp3) is 0. The fourth-order valence-electron chi connectivity index (χ4n) is 1.92. The standard InChI is InChI=1S/C13H8Cl2N4O3S/c14-6-10(7(15)12(21)8(16)11(6)20)19-13(22)4-2-23-5-1-17-3-18-9(4)5/h1-3,20-21H,16H2,(H,19,22). The Balaban J connectivity index is 2.04. The number of nitrogens with one attached hydrogen (secondary N) is 1. The van der Waals surface area contributed by atoms with Crippen molar-refractivity contribution in [2.45, 2.75) is 0 Å². The average molecular weight is 371 g/mol. The van der Waals surface area contributed by atoms with Crippen LogP contribution >= 0.6 is 34.5 Å². The Kier molecular flexibility index (Phi) is 3.88. The van der Waals surface area contributed by atoms with Crippen LogP contribution in [0, 0.1) is 0 Å². The highest BCUT2D eigenvalue weighted by Crippen LogP contribution is 2.48. The molecule has 2 heterocycles. The number of halogens is 2. The number of fused-ring (bicyclic) bond motifs is 1. The lowest BCUT2D eigenvalue weighted by atomic mass is 10.2. The molecule has 3 aromatic rings. The van der Waals surface area contributed by atoms with Crippen LogP contribution in [-0.4, -0.2) is 26.1 Å². The number of aromatic nitrogens is 2. The lowest BCUT2D eigenvalue weighted by Crippen LogP contribution is -2.13. The van der Waals surface area contributed by atoms with E-state index in [-0.39, 0.29) is 27.0 Å². The second-order valence-electron chi connectivity index (χ2n) is 4.45. The van der Waals surface area contributed by atoms with Crippen LogP contribution in [-0.2, 0) is 0 Å². The molecule has 0 saturated carbocycles. The predicted molar refractivity (Wildman–Crippen MR) is 89.6 cm³/mol. The molecule has 5 N–H and O–H groups in total. The van der Waals surface area contributed by atoms with Gasteiger partial charge < -0.3 is 21.3 Å². The maximum Gasteiger partial charge on any atom is 0.258 e. The highest BCUT2D eigenvalue weighted by molar-refractivity contribution is 7.17. The lowest BCUT2D eigenvalue weighted by Gasteiger charge is -2.13. The van der Waals surface area contributed by atoms with Crippen molar-refractivity contribution < 1.29 is 15.0 Å². The second-order valence-corrected chi connectivity index (χ2v) is 6.12. The lowest BCUT2D eigenvalue weighted by molar-refractivity contribution is 0.102. The molecule has 23 heavy (non-hydrogen) atoms. The van der Waals surface area contributed by atoms with Crippen LogP contribution in [0.4, 0.5) is 11.4 Å². The second kappa shape index (κ2) is 5.73. The molecule has 10 heteroatoms. The number of nitrogen functional groups attached to an aromatic ring is 1. The topological polar surface area (TPSA) is 121 Å². The van der Waals surface area contributed by atoms with Gasteiger partial charge in [-0.15, -0.1) is 11.3 Å². The first-order valence-corrected chi connectivity index (χ1v) is 7.72. The van der Waals surface area contributed by atoms with E-state index in [1.807, 2.05) is 0 Å². The number of hydrogen-bond acceptors (Lipinski definition) is 7. The van der Waals surface area contributed by atoms with Crippen LogP contribution in [0.1, 0.15) is 10.4 Å². The van der Waals surface area contributed by atoms with Crippen molar-refractivity contribution in [3.8, 4) is 11.5 Å². The van der Waals surface area contributed by atoms with E-state index >= 15 is 0 Å². The Bertz CT molecular complexity index is 915. The van der Waals surface area contributed by atoms with Gasteiger partial charge in [0, 0.05) is 11.6 Å². The molecule has 0 spiro atoms. The molecule has 0 bridgehead atoms. The van der Waals surface area contributed by atoms with Gasteiger partial charge in [0.15, 0.2) is 11.5 Å². The molecule has 0 aliphatic rings. The molecule has 0 aliphatic carbocycles. The van der Waals surface area contributed by atoms with Gasteiger partial charge in [-0.25, -0.2) is 9.97 Å². The third kappa shape index (κ3) is 2.50. The molecule has 2 aromatic heterocycles. The molecule has 1 aromatic carbocycles. The van der Waals surface area contributed by atoms with Crippen LogP contribution in [0.5, 0.6) is 11.5 Å². The zero-order valence-corrected chi connectivity index (χ0v) is 13.5. The molecule has 0 saturated heterocycles. The Morgan fingerprint density at radius 1 is 1.26 bits per heavy atom. The van der Waals surface area contributed by atoms with Gasteiger partial charge in [-0.1, -0.05) is 23.2 Å². The van der Waals surface area contributed by atoms with E-state index < -0.39 is 17.4 Å². The highest BCUT2D eigenvalue weighted by atomic mass is 35.5. The first kappa shape index (κ1) is 15.6. The van der Waals surface area contributed by atoms with Crippen LogP contribution in [0.25, 0.3) is 10.2 Å². The van der Waals surface area contributed by atoms with E-state index in [1.165, 1.54) is 17.7 Å². The van der Waals surface area contributed by atoms with Gasteiger partial charge >= 0.3 is 0 Å². The molecule has 0 radical (unpaired) electrons. The monoisotopic (exact) mass is 370 g/mol. The van der Waals surface area contributed by atoms with Crippen LogP contribution < -0.4 is 11.1 Å². The van der Waals surface area contributed by atoms with Crippen molar-refractivity contribution in [3.63, 3.8) is 0 Å². The number of carbonyl (C=O) groups is 1. The average Bonchev–Trinajstić information content (AvgIpc) is 2.99. The number of nitrogens with two attached hydrogens (primary N) is 1. The molecule has 0 aliphatic heterocycles. The Labute approximate surface area is 143 Å². The van der Waals surface area contributed by atoms with Gasteiger partial charge in [0.1, 0.15) is 22.1 Å². The SMILES string of the molecule is Nc1c(O)c(Cl)c(NC(=O)c2csc3cncnc23)c(Cl)c1O. The molecule has 3 rings (SSSR count). The molecule has 1 amide bonds. The number of phenolic OH excluding ortho intramolecular Hbond substituents is 2. The normalized spacial score (nSPS) is 10.9. The number of amides is 1. The minimum atomic E-state index is -0.568. The number of phenols is 2. The number of benzene rings is 1. The van der Waals surface area contributed by atoms with E-state index in [0.717, 1.165) is 4.70 Å². The number of rotatable bonds is 2. The largest absolute Gasteiger partial charge is 0.504 e. The molecule has 0 atom stereocenters. The van der Waals surface area contributed by atoms with Crippen LogP contribution in [0.2, 0.25) is 10.0 Å². The van der Waals surface area contributed by atoms with E-state index in [0.29, 0.717) is 5.52 Å². The smallest absolute Gasteiger partial charge is 0.258 e. The summed E-state index contributed by atoms with van der Waals surface area (Å²) in [6, 6.07) is 0. The molecule has 118 valence electrons. The maximum atomic E-state index is 12.4. The van der Waals surface area contributed by atoms with Gasteiger partial charge in [-0.2, -0.15) is 0 Å². The summed E-state index contributed by atoms with van der Waals surface area (Å²) in [6.45, 7) is 0. The summed E-state index contributed by atoms with van der Waals surface area (Å²) in [5, 5.41) is 23.0. The quantitative estimate of drug-likeness (QED) is 0.405. The number of anilines is 2. The molecular weight excluding hydrogens is 363 g/mol. The summed E-state index contributed by atoms with van der Waals surface area (Å²) < 4.78 is 0.734. The molecular formula is C13H8Cl2N4O3S. The summed E-state index contributed by atoms with van der Waals surface area (Å²) in [5.74, 6) is -1.69. The molecule has 0 fully saturated rings. The zero-order chi connectivity index (χ0) is 16.7. The van der Waals surface area contributed by atoms with E-state index in [9.17, 15) is 15.0 Å². The van der Waals surface area contributed by atoms with Crippen molar-refractivity contribution in [2.75, 3.05) is 11.1 Å². The highest BCUT2D eigenvalue weighted by Gasteiger charge is 2.23. The summed E-state index contributed by atoms with van der Waals surface area (Å²) in [4.78, 5) is 20.4. The first-order chi connectivity index (χ1) is 10.9. The van der Waals surface area contributed by atoms with Gasteiger partial charge in [0.05, 0.1) is 21.5 Å². The zero-order valence-electron chi connectivity index (χ0n) is 11.2. The van der Waals surface area contributed by atoms with Crippen molar-refractivity contribution in [1.82, 2.24) is 9.97 Å². The Morgan fingerprint density at radius 2 is 1.91 bits per heavy atom. The van der Waals surface area contributed by atoms with Crippen molar-refractivity contribution >= 4 is 62.0 Å². The summed E-state index contributed by atoms with van der Waals surface area (Å²) in [5.41, 5.74) is 5.70. The Morgan fingerprint density at radius 3 is 2.57 bits per heavy atom. The van der Waals surface area contributed by atoms with Gasteiger partial charge in [-0.05, 0) is 0 Å². The molecule has 7 nitrogen and oxygen atoms in total. The number of thiophene rings is 1. The van der Waals surface area contributed by atoms with E-state index in [4.69, 9.17) is 28.9 Å². The summed E-state index contributed by atoms with van der Waals surface area (Å²) in [6.07, 6.45) is 2.91. The van der Waals surface area contributed by atoms with Gasteiger partial charge in [0.2, 0.25) is 0 Å². The third-order valence-electron chi connectivity index (χ3n) is 3.09. The van der Waals surface area contributed by atoms with Gasteiger partial charge in [0.25, 0.3) is 5.91 Å². The summed E-state index contributed by atoms with van der Waals surface area (Å²) >= 11 is 13.2. The minimum Gasteiger partial charge on any atom is -0.504 e. The van der Waals surface area contributed by atoms with Crippen molar-refractivity contribution in [3.05, 3.63) is 33.5 Å². The minimum absolute atomic E-state index is 0.143. The van der Waals surface area contributed by atoms with Crippen LogP contribution in [0.3, 0.4) is 0 Å². The molecule has 0 unspecified atom stereocenters. The Hall–Kier alpha value is -2.29. The van der Waals surface area contributed by atoms with Gasteiger partial charge in [-0.3, -0.25) is 4.79 Å². The fourth-order valence-corrected chi connectivity index (χ4v) is 3.31. The summed E-state index contributed by atoms with van der Waals surface area (Å²) in [7, 11) is 0. The number of nitrogens with zero attached hydrogens (tertiary/aromatic N) is 2. The van der Waals surface area contributed by atoms with Crippen molar-refractivity contribution in [1.29, 1.82) is 0 Å².